The Morgan fingerprint density at radius 3 is 0.898 bits per heavy atom. The second-order valence-electron chi connectivity index (χ2n) is 10.5. The van der Waals surface area contributed by atoms with Gasteiger partial charge in [0, 0.05) is 99.6 Å². The summed E-state index contributed by atoms with van der Waals surface area (Å²) in [6, 6.07) is 17.2. The van der Waals surface area contributed by atoms with Gasteiger partial charge in [-0.3, -0.25) is 29.9 Å². The molecule has 0 radical (unpaired) electrons. The van der Waals surface area contributed by atoms with E-state index in [1.807, 2.05) is 54.6 Å². The van der Waals surface area contributed by atoms with E-state index in [-0.39, 0.29) is 19.8 Å². The van der Waals surface area contributed by atoms with Gasteiger partial charge in [-0.15, -0.1) is 0 Å². The van der Waals surface area contributed by atoms with Crippen molar-refractivity contribution in [2.45, 2.75) is 36.6 Å². The summed E-state index contributed by atoms with van der Waals surface area (Å²) in [6.45, 7) is 0. The molecule has 260 valence electrons. The number of ether oxygens (including phenoxy) is 6. The Bertz CT molecular complexity index is 1430. The minimum atomic E-state index is -0.714. The second kappa shape index (κ2) is 19.3. The summed E-state index contributed by atoms with van der Waals surface area (Å²) in [5, 5.41) is 0. The molecule has 3 aliphatic rings. The zero-order valence-electron chi connectivity index (χ0n) is 28.5. The van der Waals surface area contributed by atoms with Crippen LogP contribution >= 0.6 is 0 Å². The van der Waals surface area contributed by atoms with Crippen molar-refractivity contribution in [2.24, 2.45) is 15.0 Å². The fraction of sp³-hybridized carbons (Fsp3) is 0.333. The van der Waals surface area contributed by atoms with E-state index in [9.17, 15) is 0 Å². The van der Waals surface area contributed by atoms with Crippen LogP contribution in [0.25, 0.3) is 0 Å². The van der Waals surface area contributed by atoms with Crippen molar-refractivity contribution in [1.29, 1.82) is 0 Å². The Kier molecular flexibility index (Phi) is 15.6. The Balaban J connectivity index is 0.000000197. The average Bonchev–Trinajstić information content (AvgIpc) is 3.19. The van der Waals surface area contributed by atoms with Crippen molar-refractivity contribution in [2.75, 3.05) is 42.7 Å². The van der Waals surface area contributed by atoms with Gasteiger partial charge >= 0.3 is 0 Å². The minimum absolute atomic E-state index is 0. The molecule has 6 rings (SSSR count). The molecule has 0 saturated carbocycles. The van der Waals surface area contributed by atoms with Gasteiger partial charge in [-0.25, -0.2) is 0 Å². The minimum Gasteiger partial charge on any atom is -0.349 e. The van der Waals surface area contributed by atoms with Crippen molar-refractivity contribution < 1.29 is 48.2 Å². The summed E-state index contributed by atoms with van der Waals surface area (Å²) < 4.78 is 32.2. The number of aromatic nitrogens is 3. The van der Waals surface area contributed by atoms with E-state index < -0.39 is 17.4 Å². The number of hydrogen-bond donors (Lipinski definition) is 0. The van der Waals surface area contributed by atoms with Crippen LogP contribution in [-0.4, -0.2) is 92.1 Å². The first kappa shape index (κ1) is 39.5. The number of aliphatic imine (C=N–C) groups is 3. The zero-order valence-corrected chi connectivity index (χ0v) is 31.0. The number of methoxy groups -OCH3 is 6. The van der Waals surface area contributed by atoms with Crippen molar-refractivity contribution in [1.82, 2.24) is 15.0 Å². The van der Waals surface area contributed by atoms with Gasteiger partial charge in [0.05, 0.1) is 53.5 Å². The first-order valence-electron chi connectivity index (χ1n) is 15.2. The van der Waals surface area contributed by atoms with E-state index in [0.717, 1.165) is 34.2 Å². The molecule has 3 aromatic rings. The molecule has 49 heavy (non-hydrogen) atoms. The molecule has 3 aliphatic heterocycles. The van der Waals surface area contributed by atoms with Crippen molar-refractivity contribution >= 4 is 17.1 Å². The van der Waals surface area contributed by atoms with Crippen LogP contribution in [0.15, 0.2) is 125 Å². The normalized spacial score (nSPS) is 17.9. The Morgan fingerprint density at radius 2 is 0.694 bits per heavy atom. The monoisotopic (exact) mass is 846 g/mol. The van der Waals surface area contributed by atoms with Crippen LogP contribution in [0.2, 0.25) is 0 Å². The van der Waals surface area contributed by atoms with Crippen LogP contribution < -0.4 is 0 Å². The largest absolute Gasteiger partial charge is 0.349 e. The number of rotatable bonds is 9. The van der Waals surface area contributed by atoms with E-state index >= 15 is 0 Å². The van der Waals surface area contributed by atoms with Gasteiger partial charge in [-0.05, 0) is 54.6 Å². The predicted molar refractivity (Wildman–Crippen MR) is 184 cm³/mol. The Morgan fingerprint density at radius 1 is 0.429 bits per heavy atom. The number of hydrogen-bond acceptors (Lipinski definition) is 12. The maximum Gasteiger partial charge on any atom is 0.194 e. The summed E-state index contributed by atoms with van der Waals surface area (Å²) >= 11 is 0. The molecule has 0 bridgehead atoms. The molecular weight excluding hydrogens is 803 g/mol. The fourth-order valence-corrected chi connectivity index (χ4v) is 4.90. The van der Waals surface area contributed by atoms with Crippen LogP contribution in [0.5, 0.6) is 0 Å². The van der Waals surface area contributed by atoms with Crippen molar-refractivity contribution in [3.63, 3.8) is 0 Å². The van der Waals surface area contributed by atoms with Crippen molar-refractivity contribution in [3.8, 4) is 0 Å². The third-order valence-corrected chi connectivity index (χ3v) is 7.87. The van der Waals surface area contributed by atoms with E-state index in [1.54, 1.807) is 98.1 Å². The van der Waals surface area contributed by atoms with E-state index in [4.69, 9.17) is 28.4 Å². The molecule has 0 aliphatic carbocycles. The fourth-order valence-electron chi connectivity index (χ4n) is 4.90. The third kappa shape index (κ3) is 10.5. The molecule has 0 fully saturated rings. The molecule has 0 amide bonds. The molecule has 0 aromatic carbocycles. The summed E-state index contributed by atoms with van der Waals surface area (Å²) in [4.78, 5) is 25.7. The van der Waals surface area contributed by atoms with Crippen LogP contribution in [0.3, 0.4) is 0 Å². The standard InChI is InChI=1S/3C12H14N2O2.Os/c3*1-15-12(16-2)6-8-14-11(9-12)10-5-3-4-7-13-10;/h3*3-8H,9H2,1-2H3;. The van der Waals surface area contributed by atoms with Crippen LogP contribution in [-0.2, 0) is 48.2 Å². The predicted octanol–water partition coefficient (Wildman–Crippen LogP) is 5.33. The van der Waals surface area contributed by atoms with Crippen LogP contribution in [0.1, 0.15) is 36.3 Å². The smallest absolute Gasteiger partial charge is 0.194 e. The molecule has 0 unspecified atom stereocenters. The number of nitrogens with zero attached hydrogens (tertiary/aromatic N) is 6. The van der Waals surface area contributed by atoms with Crippen LogP contribution in [0, 0.1) is 0 Å². The van der Waals surface area contributed by atoms with Gasteiger partial charge in [0.2, 0.25) is 0 Å². The topological polar surface area (TPSA) is 131 Å². The summed E-state index contributed by atoms with van der Waals surface area (Å²) in [5.74, 6) is -2.14. The van der Waals surface area contributed by atoms with E-state index in [0.29, 0.717) is 19.3 Å². The number of pyridine rings is 3. The molecule has 12 nitrogen and oxygen atoms in total. The maximum atomic E-state index is 5.36. The van der Waals surface area contributed by atoms with Gasteiger partial charge in [-0.2, -0.15) is 0 Å². The first-order valence-corrected chi connectivity index (χ1v) is 15.2. The Hall–Kier alpha value is -3.92. The molecule has 6 heterocycles. The molecule has 0 spiro atoms. The molecule has 0 saturated heterocycles. The maximum absolute atomic E-state index is 5.36. The average molecular weight is 845 g/mol. The van der Waals surface area contributed by atoms with Gasteiger partial charge in [0.1, 0.15) is 0 Å². The quantitative estimate of drug-likeness (QED) is 0.263. The summed E-state index contributed by atoms with van der Waals surface area (Å²) in [6.07, 6.45) is 17.4. The summed E-state index contributed by atoms with van der Waals surface area (Å²) in [5.41, 5.74) is 5.16. The van der Waals surface area contributed by atoms with E-state index in [1.165, 1.54) is 0 Å². The van der Waals surface area contributed by atoms with Gasteiger partial charge < -0.3 is 28.4 Å². The SMILES string of the molecule is COC1(OC)C=CN=C(c2ccccn2)C1.COC1(OC)C=CN=C(c2ccccn2)C1.COC1(OC)C=CN=C(c2ccccn2)C1.[Os]. The zero-order chi connectivity index (χ0) is 34.3. The molecule has 0 atom stereocenters. The summed E-state index contributed by atoms with van der Waals surface area (Å²) in [7, 11) is 9.72. The van der Waals surface area contributed by atoms with Gasteiger partial charge in [0.15, 0.2) is 17.4 Å². The molecule has 0 N–H and O–H groups in total. The third-order valence-electron chi connectivity index (χ3n) is 7.87. The second-order valence-corrected chi connectivity index (χ2v) is 10.5. The molecule has 3 aromatic heterocycles. The van der Waals surface area contributed by atoms with Gasteiger partial charge in [-0.1, -0.05) is 18.2 Å². The van der Waals surface area contributed by atoms with E-state index in [2.05, 4.69) is 29.9 Å². The van der Waals surface area contributed by atoms with Crippen molar-refractivity contribution in [3.05, 3.63) is 127 Å². The first-order chi connectivity index (χ1) is 23.4. The molecule has 13 heteroatoms. The molecular formula is C36H42N6O6Os. The van der Waals surface area contributed by atoms with Gasteiger partial charge in [0.25, 0.3) is 0 Å². The van der Waals surface area contributed by atoms with Crippen LogP contribution in [0.4, 0.5) is 0 Å². The Labute approximate surface area is 300 Å².